The second kappa shape index (κ2) is 4.46. The molecular formula is C13H14N2O2. The average molecular weight is 230 g/mol. The number of nitriles is 1. The molecule has 0 amide bonds. The van der Waals surface area contributed by atoms with Crippen molar-refractivity contribution < 1.29 is 9.90 Å². The van der Waals surface area contributed by atoms with Crippen LogP contribution in [0, 0.1) is 18.3 Å². The largest absolute Gasteiger partial charge is 0.480 e. The van der Waals surface area contributed by atoms with Crippen molar-refractivity contribution in [3.63, 3.8) is 0 Å². The van der Waals surface area contributed by atoms with Crippen molar-refractivity contribution in [2.45, 2.75) is 25.8 Å². The number of nitrogens with zero attached hydrogens (tertiary/aromatic N) is 2. The van der Waals surface area contributed by atoms with Crippen LogP contribution in [0.5, 0.6) is 0 Å². The standard InChI is InChI=1S/C13H14N2O2/c1-9-6-10(7-14)2-5-12(9)15(8-13(16)17)11-3-4-11/h2,5-6,11H,3-4,8H2,1H3,(H,16,17). The van der Waals surface area contributed by atoms with Gasteiger partial charge in [-0.15, -0.1) is 0 Å². The van der Waals surface area contributed by atoms with Crippen molar-refractivity contribution >= 4 is 11.7 Å². The van der Waals surface area contributed by atoms with E-state index in [1.54, 1.807) is 12.1 Å². The first kappa shape index (κ1) is 11.5. The van der Waals surface area contributed by atoms with Crippen LogP contribution in [0.2, 0.25) is 0 Å². The molecule has 0 heterocycles. The molecule has 1 aromatic carbocycles. The Morgan fingerprint density at radius 3 is 2.76 bits per heavy atom. The van der Waals surface area contributed by atoms with Crippen molar-refractivity contribution in [2.24, 2.45) is 0 Å². The fraction of sp³-hybridized carbons (Fsp3) is 0.385. The zero-order valence-corrected chi connectivity index (χ0v) is 9.68. The van der Waals surface area contributed by atoms with Gasteiger partial charge in [-0.2, -0.15) is 5.26 Å². The maximum Gasteiger partial charge on any atom is 0.323 e. The van der Waals surface area contributed by atoms with Crippen molar-refractivity contribution in [1.29, 1.82) is 5.26 Å². The quantitative estimate of drug-likeness (QED) is 0.858. The Labute approximate surface area is 100 Å². The maximum atomic E-state index is 10.9. The number of aliphatic carboxylic acids is 1. The molecule has 1 aromatic rings. The van der Waals surface area contributed by atoms with Crippen LogP contribution in [0.25, 0.3) is 0 Å². The molecule has 0 spiro atoms. The van der Waals surface area contributed by atoms with Crippen LogP contribution in [0.1, 0.15) is 24.0 Å². The Hall–Kier alpha value is -2.02. The summed E-state index contributed by atoms with van der Waals surface area (Å²) in [5.41, 5.74) is 2.49. The molecular weight excluding hydrogens is 216 g/mol. The normalized spacial score (nSPS) is 14.1. The van der Waals surface area contributed by atoms with E-state index < -0.39 is 5.97 Å². The number of carboxylic acid groups (broad SMARTS) is 1. The van der Waals surface area contributed by atoms with Gasteiger partial charge in [0.1, 0.15) is 6.54 Å². The zero-order chi connectivity index (χ0) is 12.4. The van der Waals surface area contributed by atoms with Gasteiger partial charge in [0.15, 0.2) is 0 Å². The summed E-state index contributed by atoms with van der Waals surface area (Å²) < 4.78 is 0. The molecule has 2 rings (SSSR count). The molecule has 88 valence electrons. The minimum absolute atomic E-state index is 0.0252. The minimum Gasteiger partial charge on any atom is -0.480 e. The number of hydrogen-bond acceptors (Lipinski definition) is 3. The Bertz CT molecular complexity index is 487. The van der Waals surface area contributed by atoms with Crippen molar-refractivity contribution in [3.05, 3.63) is 29.3 Å². The topological polar surface area (TPSA) is 64.3 Å². The molecule has 0 bridgehead atoms. The molecule has 1 N–H and O–H groups in total. The van der Waals surface area contributed by atoms with Gasteiger partial charge >= 0.3 is 5.97 Å². The van der Waals surface area contributed by atoms with Gasteiger partial charge < -0.3 is 10.0 Å². The molecule has 0 saturated heterocycles. The molecule has 0 aliphatic heterocycles. The summed E-state index contributed by atoms with van der Waals surface area (Å²) in [5, 5.41) is 17.7. The van der Waals surface area contributed by atoms with Crippen molar-refractivity contribution in [2.75, 3.05) is 11.4 Å². The van der Waals surface area contributed by atoms with E-state index in [0.717, 1.165) is 24.1 Å². The summed E-state index contributed by atoms with van der Waals surface area (Å²) in [6.45, 7) is 1.94. The predicted octanol–water partition coefficient (Wildman–Crippen LogP) is 1.92. The molecule has 4 heteroatoms. The Morgan fingerprint density at radius 2 is 2.29 bits per heavy atom. The number of anilines is 1. The lowest BCUT2D eigenvalue weighted by molar-refractivity contribution is -0.135. The number of carboxylic acids is 1. The van der Waals surface area contributed by atoms with Gasteiger partial charge in [-0.1, -0.05) is 0 Å². The first-order valence-corrected chi connectivity index (χ1v) is 5.61. The molecule has 0 radical (unpaired) electrons. The van der Waals surface area contributed by atoms with E-state index in [-0.39, 0.29) is 6.54 Å². The van der Waals surface area contributed by atoms with Crippen LogP contribution in [0.3, 0.4) is 0 Å². The molecule has 4 nitrogen and oxygen atoms in total. The summed E-state index contributed by atoms with van der Waals surface area (Å²) in [7, 11) is 0. The van der Waals surface area contributed by atoms with Crippen LogP contribution in [-0.2, 0) is 4.79 Å². The zero-order valence-electron chi connectivity index (χ0n) is 9.68. The Balaban J connectivity index is 2.29. The molecule has 1 aliphatic rings. The SMILES string of the molecule is Cc1cc(C#N)ccc1N(CC(=O)O)C1CC1. The minimum atomic E-state index is -0.819. The molecule has 0 unspecified atom stereocenters. The molecule has 17 heavy (non-hydrogen) atoms. The summed E-state index contributed by atoms with van der Waals surface area (Å²) in [4.78, 5) is 12.8. The van der Waals surface area contributed by atoms with Crippen LogP contribution >= 0.6 is 0 Å². The number of carbonyl (C=O) groups is 1. The highest BCUT2D eigenvalue weighted by Gasteiger charge is 2.31. The third-order valence-corrected chi connectivity index (χ3v) is 2.93. The van der Waals surface area contributed by atoms with Crippen molar-refractivity contribution in [3.8, 4) is 6.07 Å². The van der Waals surface area contributed by atoms with Gasteiger partial charge in [0, 0.05) is 11.7 Å². The first-order valence-electron chi connectivity index (χ1n) is 5.61. The Kier molecular flexibility index (Phi) is 3.01. The van der Waals surface area contributed by atoms with Crippen LogP contribution in [0.15, 0.2) is 18.2 Å². The third-order valence-electron chi connectivity index (χ3n) is 2.93. The van der Waals surface area contributed by atoms with E-state index in [0.29, 0.717) is 11.6 Å². The fourth-order valence-corrected chi connectivity index (χ4v) is 1.99. The van der Waals surface area contributed by atoms with Crippen LogP contribution in [0.4, 0.5) is 5.69 Å². The van der Waals surface area contributed by atoms with E-state index in [4.69, 9.17) is 10.4 Å². The van der Waals surface area contributed by atoms with Crippen LogP contribution < -0.4 is 4.90 Å². The molecule has 1 fully saturated rings. The van der Waals surface area contributed by atoms with Gasteiger partial charge in [-0.25, -0.2) is 0 Å². The number of aryl methyl sites for hydroxylation is 1. The second-order valence-corrected chi connectivity index (χ2v) is 4.37. The number of benzene rings is 1. The fourth-order valence-electron chi connectivity index (χ4n) is 1.99. The Morgan fingerprint density at radius 1 is 1.59 bits per heavy atom. The monoisotopic (exact) mass is 230 g/mol. The highest BCUT2D eigenvalue weighted by atomic mass is 16.4. The van der Waals surface area contributed by atoms with E-state index in [9.17, 15) is 4.79 Å². The van der Waals surface area contributed by atoms with E-state index in [1.807, 2.05) is 17.9 Å². The first-order chi connectivity index (χ1) is 8.11. The van der Waals surface area contributed by atoms with E-state index >= 15 is 0 Å². The lowest BCUT2D eigenvalue weighted by atomic mass is 10.1. The summed E-state index contributed by atoms with van der Waals surface area (Å²) in [6.07, 6.45) is 2.10. The summed E-state index contributed by atoms with van der Waals surface area (Å²) in [6, 6.07) is 7.81. The summed E-state index contributed by atoms with van der Waals surface area (Å²) >= 11 is 0. The molecule has 0 aromatic heterocycles. The predicted molar refractivity (Wildman–Crippen MR) is 63.9 cm³/mol. The van der Waals surface area contributed by atoms with E-state index in [1.165, 1.54) is 0 Å². The van der Waals surface area contributed by atoms with Gasteiger partial charge in [-0.05, 0) is 43.5 Å². The summed E-state index contributed by atoms with van der Waals surface area (Å²) in [5.74, 6) is -0.819. The van der Waals surface area contributed by atoms with Crippen molar-refractivity contribution in [1.82, 2.24) is 0 Å². The van der Waals surface area contributed by atoms with E-state index in [2.05, 4.69) is 6.07 Å². The smallest absolute Gasteiger partial charge is 0.323 e. The molecule has 1 saturated carbocycles. The second-order valence-electron chi connectivity index (χ2n) is 4.37. The van der Waals surface area contributed by atoms with Crippen LogP contribution in [-0.4, -0.2) is 23.7 Å². The number of hydrogen-bond donors (Lipinski definition) is 1. The highest BCUT2D eigenvalue weighted by molar-refractivity contribution is 5.75. The lowest BCUT2D eigenvalue weighted by Crippen LogP contribution is -2.32. The highest BCUT2D eigenvalue weighted by Crippen LogP contribution is 2.33. The third kappa shape index (κ3) is 2.56. The van der Waals surface area contributed by atoms with Gasteiger partial charge in [0.05, 0.1) is 11.6 Å². The van der Waals surface area contributed by atoms with Gasteiger partial charge in [0.2, 0.25) is 0 Å². The average Bonchev–Trinajstić information content (AvgIpc) is 3.09. The lowest BCUT2D eigenvalue weighted by Gasteiger charge is -2.24. The number of rotatable bonds is 4. The molecule has 0 atom stereocenters. The van der Waals surface area contributed by atoms with Gasteiger partial charge in [0.25, 0.3) is 0 Å². The molecule has 1 aliphatic carbocycles. The maximum absolute atomic E-state index is 10.9. The van der Waals surface area contributed by atoms with Gasteiger partial charge in [-0.3, -0.25) is 4.79 Å².